The number of nitrogens with one attached hydrogen (secondary N) is 1. The highest BCUT2D eigenvalue weighted by atomic mass is 16.5. The van der Waals surface area contributed by atoms with Crippen molar-refractivity contribution in [3.8, 4) is 17.4 Å². The molecule has 0 saturated carbocycles. The van der Waals surface area contributed by atoms with Crippen LogP contribution in [0.4, 0.5) is 5.82 Å². The van der Waals surface area contributed by atoms with Gasteiger partial charge < -0.3 is 19.7 Å². The Labute approximate surface area is 194 Å². The summed E-state index contributed by atoms with van der Waals surface area (Å²) in [5, 5.41) is 3.09. The maximum atomic E-state index is 13.0. The van der Waals surface area contributed by atoms with Gasteiger partial charge in [-0.2, -0.15) is 0 Å². The van der Waals surface area contributed by atoms with Gasteiger partial charge in [0.25, 0.3) is 5.88 Å². The van der Waals surface area contributed by atoms with Crippen molar-refractivity contribution in [2.75, 3.05) is 24.6 Å². The van der Waals surface area contributed by atoms with Crippen LogP contribution in [-0.2, 0) is 11.3 Å². The van der Waals surface area contributed by atoms with Crippen LogP contribution < -0.4 is 19.7 Å². The van der Waals surface area contributed by atoms with Crippen LogP contribution in [0.25, 0.3) is 0 Å². The van der Waals surface area contributed by atoms with E-state index in [1.54, 1.807) is 12.4 Å². The Balaban J connectivity index is 1.43. The van der Waals surface area contributed by atoms with Crippen LogP contribution in [0, 0.1) is 12.8 Å². The maximum Gasteiger partial charge on any atom is 0.263 e. The average molecular weight is 447 g/mol. The number of aromatic nitrogens is 2. The predicted octanol–water partition coefficient (Wildman–Crippen LogP) is 4.51. The Morgan fingerprint density at radius 1 is 1.09 bits per heavy atom. The lowest BCUT2D eigenvalue weighted by Crippen LogP contribution is -2.43. The zero-order valence-electron chi connectivity index (χ0n) is 19.2. The number of aryl methyl sites for hydroxylation is 1. The summed E-state index contributed by atoms with van der Waals surface area (Å²) in [6.45, 7) is 6.36. The van der Waals surface area contributed by atoms with Crippen molar-refractivity contribution < 1.29 is 14.3 Å². The number of benzene rings is 2. The largest absolute Gasteiger partial charge is 0.494 e. The minimum Gasteiger partial charge on any atom is -0.494 e. The smallest absolute Gasteiger partial charge is 0.263 e. The second kappa shape index (κ2) is 10.8. The summed E-state index contributed by atoms with van der Waals surface area (Å²) in [5.41, 5.74) is 2.00. The molecule has 172 valence electrons. The van der Waals surface area contributed by atoms with Crippen LogP contribution in [0.1, 0.15) is 30.9 Å². The van der Waals surface area contributed by atoms with Gasteiger partial charge in [-0.15, -0.1) is 0 Å². The van der Waals surface area contributed by atoms with Crippen LogP contribution >= 0.6 is 0 Å². The maximum absolute atomic E-state index is 13.0. The number of hydrogen-bond acceptors (Lipinski definition) is 6. The van der Waals surface area contributed by atoms with Gasteiger partial charge in [-0.3, -0.25) is 4.79 Å². The van der Waals surface area contributed by atoms with Crippen molar-refractivity contribution >= 4 is 11.7 Å². The number of ether oxygens (including phenoxy) is 2. The number of para-hydroxylation sites is 2. The fraction of sp³-hybridized carbons (Fsp3) is 0.346. The van der Waals surface area contributed by atoms with E-state index in [1.165, 1.54) is 0 Å². The van der Waals surface area contributed by atoms with Crippen LogP contribution in [-0.4, -0.2) is 35.6 Å². The third-order valence-electron chi connectivity index (χ3n) is 5.76. The van der Waals surface area contributed by atoms with Gasteiger partial charge in [-0.05, 0) is 44.4 Å². The van der Waals surface area contributed by atoms with Crippen molar-refractivity contribution in [2.45, 2.75) is 33.2 Å². The highest BCUT2D eigenvalue weighted by Gasteiger charge is 2.28. The lowest BCUT2D eigenvalue weighted by atomic mass is 9.97. The molecule has 1 N–H and O–H groups in total. The molecule has 33 heavy (non-hydrogen) atoms. The van der Waals surface area contributed by atoms with Gasteiger partial charge in [-0.25, -0.2) is 9.97 Å². The Hall–Kier alpha value is -3.61. The number of anilines is 1. The van der Waals surface area contributed by atoms with Crippen LogP contribution in [0.3, 0.4) is 0 Å². The summed E-state index contributed by atoms with van der Waals surface area (Å²) in [6, 6.07) is 15.6. The molecule has 2 aromatic carbocycles. The summed E-state index contributed by atoms with van der Waals surface area (Å²) < 4.78 is 11.8. The van der Waals surface area contributed by atoms with E-state index in [2.05, 4.69) is 20.2 Å². The number of carbonyl (C=O) groups is 1. The Kier molecular flexibility index (Phi) is 7.40. The second-order valence-electron chi connectivity index (χ2n) is 8.10. The molecule has 2 heterocycles. The molecule has 4 rings (SSSR count). The Morgan fingerprint density at radius 2 is 1.85 bits per heavy atom. The van der Waals surface area contributed by atoms with E-state index in [1.807, 2.05) is 62.4 Å². The van der Waals surface area contributed by atoms with E-state index in [0.29, 0.717) is 31.4 Å². The summed E-state index contributed by atoms with van der Waals surface area (Å²) >= 11 is 0. The number of amides is 1. The molecule has 1 atom stereocenters. The minimum absolute atomic E-state index is 0.0382. The molecule has 0 aliphatic carbocycles. The van der Waals surface area contributed by atoms with E-state index >= 15 is 0 Å². The lowest BCUT2D eigenvalue weighted by molar-refractivity contribution is -0.125. The third-order valence-corrected chi connectivity index (χ3v) is 5.76. The molecule has 1 aromatic heterocycles. The van der Waals surface area contributed by atoms with E-state index < -0.39 is 0 Å². The van der Waals surface area contributed by atoms with Crippen LogP contribution in [0.5, 0.6) is 17.4 Å². The minimum atomic E-state index is -0.133. The topological polar surface area (TPSA) is 76.6 Å². The van der Waals surface area contributed by atoms with Gasteiger partial charge in [0.1, 0.15) is 11.5 Å². The van der Waals surface area contributed by atoms with Crippen LogP contribution in [0.2, 0.25) is 0 Å². The SMILES string of the molecule is CCOc1ccccc1CNC(=O)C1CCCN(c2nccnc2Oc2ccccc2C)C1. The monoisotopic (exact) mass is 446 g/mol. The quantitative estimate of drug-likeness (QED) is 0.549. The molecule has 1 amide bonds. The standard InChI is InChI=1S/C26H30N4O3/c1-3-32-23-13-7-5-10-20(23)17-29-25(31)21-11-8-16-30(18-21)24-26(28-15-14-27-24)33-22-12-6-4-9-19(22)2/h4-7,9-10,12-15,21H,3,8,11,16-18H2,1-2H3,(H,29,31). The molecule has 3 aromatic rings. The van der Waals surface area contributed by atoms with Gasteiger partial charge >= 0.3 is 0 Å². The van der Waals surface area contributed by atoms with Crippen LogP contribution in [0.15, 0.2) is 60.9 Å². The first kappa shape index (κ1) is 22.6. The van der Waals surface area contributed by atoms with Gasteiger partial charge in [0.2, 0.25) is 5.91 Å². The summed E-state index contributed by atoms with van der Waals surface area (Å²) in [4.78, 5) is 24.1. The molecule has 1 aliphatic heterocycles. The first-order chi connectivity index (χ1) is 16.2. The summed E-state index contributed by atoms with van der Waals surface area (Å²) in [7, 11) is 0. The number of nitrogens with zero attached hydrogens (tertiary/aromatic N) is 3. The fourth-order valence-electron chi connectivity index (χ4n) is 4.04. The molecule has 7 heteroatoms. The molecule has 7 nitrogen and oxygen atoms in total. The zero-order chi connectivity index (χ0) is 23.0. The van der Waals surface area contributed by atoms with Gasteiger partial charge in [0.05, 0.1) is 12.5 Å². The zero-order valence-corrected chi connectivity index (χ0v) is 19.2. The molecule has 1 saturated heterocycles. The summed E-state index contributed by atoms with van der Waals surface area (Å²) in [5.74, 6) is 2.59. The van der Waals surface area contributed by atoms with Crippen molar-refractivity contribution in [1.29, 1.82) is 0 Å². The second-order valence-corrected chi connectivity index (χ2v) is 8.10. The van der Waals surface area contributed by atoms with Crippen molar-refractivity contribution in [1.82, 2.24) is 15.3 Å². The van der Waals surface area contributed by atoms with E-state index in [4.69, 9.17) is 9.47 Å². The van der Waals surface area contributed by atoms with E-state index in [-0.39, 0.29) is 11.8 Å². The number of carbonyl (C=O) groups excluding carboxylic acids is 1. The van der Waals surface area contributed by atoms with Crippen molar-refractivity contribution in [3.63, 3.8) is 0 Å². The Bertz CT molecular complexity index is 1090. The molecule has 0 radical (unpaired) electrons. The first-order valence-electron chi connectivity index (χ1n) is 11.4. The van der Waals surface area contributed by atoms with Gasteiger partial charge in [0, 0.05) is 37.6 Å². The van der Waals surface area contributed by atoms with Gasteiger partial charge in [0.15, 0.2) is 5.82 Å². The number of piperidine rings is 1. The Morgan fingerprint density at radius 3 is 2.67 bits per heavy atom. The number of rotatable bonds is 8. The predicted molar refractivity (Wildman–Crippen MR) is 128 cm³/mol. The fourth-order valence-corrected chi connectivity index (χ4v) is 4.04. The molecular weight excluding hydrogens is 416 g/mol. The molecule has 1 fully saturated rings. The van der Waals surface area contributed by atoms with E-state index in [9.17, 15) is 4.79 Å². The third kappa shape index (κ3) is 5.61. The number of hydrogen-bond donors (Lipinski definition) is 1. The average Bonchev–Trinajstić information content (AvgIpc) is 2.85. The van der Waals surface area contributed by atoms with E-state index in [0.717, 1.165) is 42.0 Å². The molecule has 1 unspecified atom stereocenters. The van der Waals surface area contributed by atoms with Crippen molar-refractivity contribution in [3.05, 3.63) is 72.1 Å². The molecule has 0 spiro atoms. The molecule has 0 bridgehead atoms. The van der Waals surface area contributed by atoms with Crippen molar-refractivity contribution in [2.24, 2.45) is 5.92 Å². The van der Waals surface area contributed by atoms with Gasteiger partial charge in [-0.1, -0.05) is 36.4 Å². The molecule has 1 aliphatic rings. The lowest BCUT2D eigenvalue weighted by Gasteiger charge is -2.33. The summed E-state index contributed by atoms with van der Waals surface area (Å²) in [6.07, 6.45) is 5.02. The normalized spacial score (nSPS) is 15.7. The highest BCUT2D eigenvalue weighted by molar-refractivity contribution is 5.79. The highest BCUT2D eigenvalue weighted by Crippen LogP contribution is 2.32. The first-order valence-corrected chi connectivity index (χ1v) is 11.4. The molecular formula is C26H30N4O3.